The van der Waals surface area contributed by atoms with E-state index in [9.17, 15) is 4.79 Å². The second kappa shape index (κ2) is 4.71. The number of ketones is 1. The molecule has 14 heavy (non-hydrogen) atoms. The van der Waals surface area contributed by atoms with Crippen LogP contribution >= 0.6 is 11.3 Å². The van der Waals surface area contributed by atoms with Crippen LogP contribution in [0.2, 0.25) is 0 Å². The largest absolute Gasteiger partial charge is 0.310 e. The molecule has 1 aromatic rings. The molecule has 1 heterocycles. The van der Waals surface area contributed by atoms with E-state index in [0.717, 1.165) is 18.0 Å². The molecule has 1 aliphatic rings. The van der Waals surface area contributed by atoms with Crippen molar-refractivity contribution < 1.29 is 4.79 Å². The Hall–Kier alpha value is -0.670. The molecule has 76 valence electrons. The lowest BCUT2D eigenvalue weighted by Gasteiger charge is -2.01. The molecule has 1 saturated carbocycles. The Morgan fingerprint density at radius 1 is 1.57 bits per heavy atom. The molecule has 0 aromatic carbocycles. The van der Waals surface area contributed by atoms with E-state index in [2.05, 4.69) is 5.32 Å². The number of hydrogen-bond donors (Lipinski definition) is 1. The van der Waals surface area contributed by atoms with Gasteiger partial charge in [-0.25, -0.2) is 0 Å². The van der Waals surface area contributed by atoms with Gasteiger partial charge in [0.05, 0.1) is 6.54 Å². The highest BCUT2D eigenvalue weighted by atomic mass is 32.1. The number of carbonyl (C=O) groups is 1. The van der Waals surface area contributed by atoms with Crippen LogP contribution in [0.3, 0.4) is 0 Å². The average molecular weight is 209 g/mol. The van der Waals surface area contributed by atoms with Crippen molar-refractivity contribution in [3.05, 3.63) is 22.4 Å². The van der Waals surface area contributed by atoms with Gasteiger partial charge < -0.3 is 5.32 Å². The summed E-state index contributed by atoms with van der Waals surface area (Å²) in [6.07, 6.45) is 3.26. The number of carbonyl (C=O) groups excluding carboxylic acids is 1. The Labute approximate surface area is 88.3 Å². The topological polar surface area (TPSA) is 29.1 Å². The van der Waals surface area contributed by atoms with Gasteiger partial charge in [0.1, 0.15) is 0 Å². The van der Waals surface area contributed by atoms with Crippen molar-refractivity contribution in [2.24, 2.45) is 5.92 Å². The normalized spacial score (nSPS) is 15.7. The van der Waals surface area contributed by atoms with Crippen LogP contribution in [0.4, 0.5) is 0 Å². The molecule has 1 aromatic heterocycles. The fourth-order valence-electron chi connectivity index (χ4n) is 1.42. The number of thiophene rings is 1. The van der Waals surface area contributed by atoms with E-state index >= 15 is 0 Å². The Balaban J connectivity index is 1.62. The van der Waals surface area contributed by atoms with Gasteiger partial charge in [0.2, 0.25) is 0 Å². The Kier molecular flexibility index (Phi) is 3.32. The number of rotatable bonds is 6. The summed E-state index contributed by atoms with van der Waals surface area (Å²) in [5, 5.41) is 7.27. The Morgan fingerprint density at radius 3 is 3.07 bits per heavy atom. The summed E-state index contributed by atoms with van der Waals surface area (Å²) in [7, 11) is 0. The molecule has 1 aliphatic carbocycles. The van der Waals surface area contributed by atoms with Crippen molar-refractivity contribution in [1.82, 2.24) is 5.32 Å². The summed E-state index contributed by atoms with van der Waals surface area (Å²) in [4.78, 5) is 11.5. The van der Waals surface area contributed by atoms with Crippen molar-refractivity contribution in [1.29, 1.82) is 0 Å². The average Bonchev–Trinajstić information content (AvgIpc) is 2.83. The van der Waals surface area contributed by atoms with E-state index in [1.54, 1.807) is 11.3 Å². The molecule has 1 fully saturated rings. The molecule has 0 bridgehead atoms. The zero-order chi connectivity index (χ0) is 9.80. The molecule has 2 rings (SSSR count). The molecular formula is C11H15NOS. The lowest BCUT2D eigenvalue weighted by Crippen LogP contribution is -2.25. The van der Waals surface area contributed by atoms with Crippen molar-refractivity contribution >= 4 is 17.1 Å². The number of hydrogen-bond acceptors (Lipinski definition) is 3. The van der Waals surface area contributed by atoms with Gasteiger partial charge in [-0.1, -0.05) is 0 Å². The van der Waals surface area contributed by atoms with Crippen LogP contribution in [-0.4, -0.2) is 18.9 Å². The van der Waals surface area contributed by atoms with Crippen LogP contribution in [0.5, 0.6) is 0 Å². The van der Waals surface area contributed by atoms with Crippen molar-refractivity contribution in [2.75, 3.05) is 13.1 Å². The molecule has 0 atom stereocenters. The maximum absolute atomic E-state index is 11.5. The smallest absolute Gasteiger partial charge is 0.150 e. The SMILES string of the molecule is O=C(CNCC1CC1)Cc1ccsc1. The quantitative estimate of drug-likeness (QED) is 0.775. The fourth-order valence-corrected chi connectivity index (χ4v) is 2.09. The van der Waals surface area contributed by atoms with Gasteiger partial charge in [0, 0.05) is 6.42 Å². The molecule has 1 N–H and O–H groups in total. The number of nitrogens with one attached hydrogen (secondary N) is 1. The fraction of sp³-hybridized carbons (Fsp3) is 0.545. The maximum Gasteiger partial charge on any atom is 0.150 e. The summed E-state index contributed by atoms with van der Waals surface area (Å²) in [5.74, 6) is 1.15. The van der Waals surface area contributed by atoms with Crippen LogP contribution < -0.4 is 5.32 Å². The predicted octanol–water partition coefficient (Wildman–Crippen LogP) is 1.86. The summed E-state index contributed by atoms with van der Waals surface area (Å²) in [5.41, 5.74) is 1.15. The van der Waals surface area contributed by atoms with Gasteiger partial charge in [-0.05, 0) is 47.7 Å². The van der Waals surface area contributed by atoms with Gasteiger partial charge in [0.15, 0.2) is 5.78 Å². The maximum atomic E-state index is 11.5. The highest BCUT2D eigenvalue weighted by molar-refractivity contribution is 7.07. The van der Waals surface area contributed by atoms with E-state index in [0.29, 0.717) is 18.7 Å². The van der Waals surface area contributed by atoms with Crippen molar-refractivity contribution in [2.45, 2.75) is 19.3 Å². The molecule has 0 aliphatic heterocycles. The van der Waals surface area contributed by atoms with Crippen LogP contribution in [0.25, 0.3) is 0 Å². The summed E-state index contributed by atoms with van der Waals surface area (Å²) >= 11 is 1.65. The lowest BCUT2D eigenvalue weighted by molar-refractivity contribution is -0.117. The van der Waals surface area contributed by atoms with E-state index in [1.807, 2.05) is 16.8 Å². The first-order chi connectivity index (χ1) is 6.84. The zero-order valence-electron chi connectivity index (χ0n) is 8.16. The monoisotopic (exact) mass is 209 g/mol. The van der Waals surface area contributed by atoms with E-state index in [1.165, 1.54) is 12.8 Å². The van der Waals surface area contributed by atoms with Crippen LogP contribution in [0, 0.1) is 5.92 Å². The molecule has 0 unspecified atom stereocenters. The van der Waals surface area contributed by atoms with E-state index in [4.69, 9.17) is 0 Å². The second-order valence-electron chi connectivity index (χ2n) is 3.92. The van der Waals surface area contributed by atoms with E-state index in [-0.39, 0.29) is 0 Å². The van der Waals surface area contributed by atoms with Gasteiger partial charge in [-0.3, -0.25) is 4.79 Å². The first-order valence-electron chi connectivity index (χ1n) is 5.08. The molecule has 2 nitrogen and oxygen atoms in total. The molecule has 3 heteroatoms. The Bertz CT molecular complexity index is 290. The van der Waals surface area contributed by atoms with Gasteiger partial charge in [-0.2, -0.15) is 11.3 Å². The van der Waals surface area contributed by atoms with E-state index < -0.39 is 0 Å². The summed E-state index contributed by atoms with van der Waals surface area (Å²) in [6, 6.07) is 2.02. The molecule has 0 saturated heterocycles. The standard InChI is InChI=1S/C11H15NOS/c13-11(5-10-3-4-14-8-10)7-12-6-9-1-2-9/h3-4,8-9,12H,1-2,5-7H2. The predicted molar refractivity (Wildman–Crippen MR) is 58.6 cm³/mol. The van der Waals surface area contributed by atoms with Crippen molar-refractivity contribution in [3.8, 4) is 0 Å². The van der Waals surface area contributed by atoms with Gasteiger partial charge >= 0.3 is 0 Å². The molecule has 0 amide bonds. The summed E-state index contributed by atoms with van der Waals surface area (Å²) < 4.78 is 0. The van der Waals surface area contributed by atoms with Gasteiger partial charge in [-0.15, -0.1) is 0 Å². The first kappa shape index (κ1) is 9.87. The minimum atomic E-state index is 0.295. The number of Topliss-reactive ketones (excluding diaryl/α,β-unsaturated/α-hetero) is 1. The summed E-state index contributed by atoms with van der Waals surface area (Å²) in [6.45, 7) is 1.56. The second-order valence-corrected chi connectivity index (χ2v) is 4.70. The highest BCUT2D eigenvalue weighted by Gasteiger charge is 2.20. The minimum absolute atomic E-state index is 0.295. The molecule has 0 spiro atoms. The first-order valence-corrected chi connectivity index (χ1v) is 6.02. The molecular weight excluding hydrogens is 194 g/mol. The third-order valence-corrected chi connectivity index (χ3v) is 3.17. The molecule has 0 radical (unpaired) electrons. The third-order valence-electron chi connectivity index (χ3n) is 2.43. The minimum Gasteiger partial charge on any atom is -0.310 e. The lowest BCUT2D eigenvalue weighted by atomic mass is 10.2. The Morgan fingerprint density at radius 2 is 2.43 bits per heavy atom. The zero-order valence-corrected chi connectivity index (χ0v) is 8.98. The highest BCUT2D eigenvalue weighted by Crippen LogP contribution is 2.27. The van der Waals surface area contributed by atoms with Crippen molar-refractivity contribution in [3.63, 3.8) is 0 Å². The van der Waals surface area contributed by atoms with Crippen LogP contribution in [0.1, 0.15) is 18.4 Å². The van der Waals surface area contributed by atoms with Gasteiger partial charge in [0.25, 0.3) is 0 Å². The third kappa shape index (κ3) is 3.24. The van der Waals surface area contributed by atoms with Crippen LogP contribution in [0.15, 0.2) is 16.8 Å². The van der Waals surface area contributed by atoms with Crippen LogP contribution in [-0.2, 0) is 11.2 Å².